The minimum atomic E-state index is -0.166. The summed E-state index contributed by atoms with van der Waals surface area (Å²) in [5.41, 5.74) is 4.11. The van der Waals surface area contributed by atoms with Crippen molar-refractivity contribution < 1.29 is 9.53 Å². The Labute approximate surface area is 178 Å². The van der Waals surface area contributed by atoms with Gasteiger partial charge in [-0.05, 0) is 38.1 Å². The summed E-state index contributed by atoms with van der Waals surface area (Å²) in [5.74, 6) is 0.751. The Morgan fingerprint density at radius 2 is 1.93 bits per heavy atom. The molecule has 0 saturated heterocycles. The maximum atomic E-state index is 12.2. The fourth-order valence-corrected chi connectivity index (χ4v) is 3.60. The van der Waals surface area contributed by atoms with Gasteiger partial charge in [-0.3, -0.25) is 4.90 Å². The van der Waals surface area contributed by atoms with Crippen molar-refractivity contribution in [3.8, 4) is 23.1 Å². The smallest absolute Gasteiger partial charge is 0.321 e. The van der Waals surface area contributed by atoms with Crippen molar-refractivity contribution in [1.29, 1.82) is 5.26 Å². The highest BCUT2D eigenvalue weighted by molar-refractivity contribution is 5.97. The number of carbonyl (C=O) groups excluding carboxylic acids is 1. The predicted molar refractivity (Wildman–Crippen MR) is 123 cm³/mol. The largest absolute Gasteiger partial charge is 0.497 e. The van der Waals surface area contributed by atoms with Gasteiger partial charge in [0, 0.05) is 42.8 Å². The molecule has 1 aromatic heterocycles. The predicted octanol–water partition coefficient (Wildman–Crippen LogP) is 5.40. The Morgan fingerprint density at radius 3 is 2.50 bits per heavy atom. The van der Waals surface area contributed by atoms with Crippen LogP contribution in [0.3, 0.4) is 0 Å². The van der Waals surface area contributed by atoms with Crippen LogP contribution >= 0.6 is 0 Å². The molecule has 0 bridgehead atoms. The minimum absolute atomic E-state index is 0.166. The van der Waals surface area contributed by atoms with Gasteiger partial charge < -0.3 is 14.6 Å². The first-order valence-corrected chi connectivity index (χ1v) is 10.3. The van der Waals surface area contributed by atoms with Gasteiger partial charge >= 0.3 is 6.03 Å². The summed E-state index contributed by atoms with van der Waals surface area (Å²) >= 11 is 0. The molecule has 3 aromatic rings. The third-order valence-corrected chi connectivity index (χ3v) is 4.91. The van der Waals surface area contributed by atoms with E-state index in [1.807, 2.05) is 63.2 Å². The zero-order valence-corrected chi connectivity index (χ0v) is 18.6. The molecule has 2 amide bonds. The highest BCUT2D eigenvalue weighted by Crippen LogP contribution is 2.36. The zero-order valence-electron chi connectivity index (χ0n) is 18.6. The maximum Gasteiger partial charge on any atom is 0.321 e. The van der Waals surface area contributed by atoms with Gasteiger partial charge in [-0.25, -0.2) is 4.79 Å². The fourth-order valence-electron chi connectivity index (χ4n) is 3.60. The van der Waals surface area contributed by atoms with Crippen molar-refractivity contribution >= 4 is 22.6 Å². The third kappa shape index (κ3) is 4.11. The van der Waals surface area contributed by atoms with E-state index in [0.717, 1.165) is 33.6 Å². The van der Waals surface area contributed by atoms with Crippen molar-refractivity contribution in [2.24, 2.45) is 0 Å². The van der Waals surface area contributed by atoms with Crippen LogP contribution in [0.15, 0.2) is 42.5 Å². The van der Waals surface area contributed by atoms with Gasteiger partial charge in [-0.1, -0.05) is 26.0 Å². The lowest BCUT2D eigenvalue weighted by Crippen LogP contribution is -2.37. The summed E-state index contributed by atoms with van der Waals surface area (Å²) in [6, 6.07) is 15.7. The van der Waals surface area contributed by atoms with Crippen LogP contribution in [-0.4, -0.2) is 31.3 Å². The first-order valence-electron chi connectivity index (χ1n) is 10.3. The Morgan fingerprint density at radius 1 is 1.20 bits per heavy atom. The fraction of sp³-hybridized carbons (Fsp3) is 0.333. The second kappa shape index (κ2) is 10.4. The Hall–Kier alpha value is -3.46. The van der Waals surface area contributed by atoms with E-state index in [1.54, 1.807) is 19.1 Å². The maximum absolute atomic E-state index is 12.2. The highest BCUT2D eigenvalue weighted by atomic mass is 16.5. The third-order valence-electron chi connectivity index (χ3n) is 4.91. The molecule has 0 aliphatic rings. The molecule has 0 saturated carbocycles. The average Bonchev–Trinajstić information content (AvgIpc) is 3.13. The molecule has 1 heterocycles. The summed E-state index contributed by atoms with van der Waals surface area (Å²) in [7, 11) is 3.25. The number of hydrogen-bond acceptors (Lipinski definition) is 3. The van der Waals surface area contributed by atoms with Gasteiger partial charge in [0.1, 0.15) is 11.8 Å². The van der Waals surface area contributed by atoms with Crippen molar-refractivity contribution in [2.75, 3.05) is 25.6 Å². The molecular weight excluding hydrogens is 376 g/mol. The molecule has 0 atom stereocenters. The molecule has 0 unspecified atom stereocenters. The molecule has 0 fully saturated rings. The lowest BCUT2D eigenvalue weighted by atomic mass is 10.0. The second-order valence-electron chi connectivity index (χ2n) is 6.31. The molecule has 3 rings (SSSR count). The molecule has 158 valence electrons. The van der Waals surface area contributed by atoms with Crippen LogP contribution in [0.2, 0.25) is 0 Å². The number of rotatable bonds is 5. The van der Waals surface area contributed by atoms with Gasteiger partial charge in [0.2, 0.25) is 0 Å². The number of methoxy groups -OCH3 is 1. The van der Waals surface area contributed by atoms with Crippen LogP contribution in [0.4, 0.5) is 10.5 Å². The van der Waals surface area contributed by atoms with Crippen LogP contribution in [0.5, 0.6) is 5.75 Å². The SMILES string of the molecule is CC.CCN(C(=O)NC)c1cccc(-c2c(C#N)c3ccc(OC)cc3n2CC)c1. The van der Waals surface area contributed by atoms with Gasteiger partial charge in [0.05, 0.1) is 23.9 Å². The number of benzene rings is 2. The first-order chi connectivity index (χ1) is 14.6. The number of fused-ring (bicyclic) bond motifs is 1. The van der Waals surface area contributed by atoms with Crippen LogP contribution in [-0.2, 0) is 6.54 Å². The lowest BCUT2D eigenvalue weighted by Gasteiger charge is -2.21. The summed E-state index contributed by atoms with van der Waals surface area (Å²) in [5, 5.41) is 13.5. The Balaban J connectivity index is 0.00000155. The summed E-state index contributed by atoms with van der Waals surface area (Å²) < 4.78 is 7.48. The topological polar surface area (TPSA) is 70.3 Å². The van der Waals surface area contributed by atoms with E-state index in [9.17, 15) is 10.1 Å². The number of nitrogens with zero attached hydrogens (tertiary/aromatic N) is 3. The Bertz CT molecular complexity index is 1060. The van der Waals surface area contributed by atoms with Gasteiger partial charge in [-0.2, -0.15) is 5.26 Å². The molecule has 6 heteroatoms. The van der Waals surface area contributed by atoms with E-state index in [0.29, 0.717) is 18.7 Å². The standard InChI is InChI=1S/C22H24N4O2.C2H6/c1-5-25(22(27)24-3)16-9-7-8-15(12-16)21-19(14-23)18-11-10-17(28-4)13-20(18)26(21)6-2;1-2/h7-13H,5-6H2,1-4H3,(H,24,27);1-2H3. The van der Waals surface area contributed by atoms with E-state index in [4.69, 9.17) is 4.74 Å². The summed E-state index contributed by atoms with van der Waals surface area (Å²) in [6.45, 7) is 9.23. The highest BCUT2D eigenvalue weighted by Gasteiger charge is 2.20. The number of urea groups is 1. The van der Waals surface area contributed by atoms with Crippen molar-refractivity contribution in [2.45, 2.75) is 34.2 Å². The molecule has 6 nitrogen and oxygen atoms in total. The molecule has 0 aliphatic carbocycles. The monoisotopic (exact) mass is 406 g/mol. The van der Waals surface area contributed by atoms with Crippen molar-refractivity contribution in [3.63, 3.8) is 0 Å². The zero-order chi connectivity index (χ0) is 22.3. The van der Waals surface area contributed by atoms with E-state index < -0.39 is 0 Å². The number of aromatic nitrogens is 1. The number of nitriles is 1. The van der Waals surface area contributed by atoms with Crippen LogP contribution in [0.25, 0.3) is 22.2 Å². The number of anilines is 1. The number of hydrogen-bond donors (Lipinski definition) is 1. The summed E-state index contributed by atoms with van der Waals surface area (Å²) in [4.78, 5) is 13.9. The number of carbonyl (C=O) groups is 1. The van der Waals surface area contributed by atoms with Crippen LogP contribution < -0.4 is 15.0 Å². The first kappa shape index (κ1) is 22.8. The minimum Gasteiger partial charge on any atom is -0.497 e. The van der Waals surface area contributed by atoms with Crippen molar-refractivity contribution in [3.05, 3.63) is 48.0 Å². The number of nitrogens with one attached hydrogen (secondary N) is 1. The van der Waals surface area contributed by atoms with Gasteiger partial charge in [0.15, 0.2) is 0 Å². The van der Waals surface area contributed by atoms with Gasteiger partial charge in [-0.15, -0.1) is 0 Å². The van der Waals surface area contributed by atoms with E-state index >= 15 is 0 Å². The average molecular weight is 407 g/mol. The van der Waals surface area contributed by atoms with E-state index in [-0.39, 0.29) is 6.03 Å². The van der Waals surface area contributed by atoms with Crippen LogP contribution in [0.1, 0.15) is 33.3 Å². The van der Waals surface area contributed by atoms with Crippen LogP contribution in [0, 0.1) is 11.3 Å². The molecule has 0 radical (unpaired) electrons. The van der Waals surface area contributed by atoms with E-state index in [1.165, 1.54) is 0 Å². The van der Waals surface area contributed by atoms with Crippen molar-refractivity contribution in [1.82, 2.24) is 9.88 Å². The molecule has 0 aliphatic heterocycles. The molecule has 0 spiro atoms. The lowest BCUT2D eigenvalue weighted by molar-refractivity contribution is 0.248. The quantitative estimate of drug-likeness (QED) is 0.617. The number of amides is 2. The molecular formula is C24H30N4O2. The molecule has 1 N–H and O–H groups in total. The number of ether oxygens (including phenoxy) is 1. The Kier molecular flexibility index (Phi) is 7.88. The molecule has 2 aromatic carbocycles. The second-order valence-corrected chi connectivity index (χ2v) is 6.31. The van der Waals surface area contributed by atoms with E-state index in [2.05, 4.69) is 22.9 Å². The molecule has 30 heavy (non-hydrogen) atoms. The normalized spacial score (nSPS) is 10.0. The van der Waals surface area contributed by atoms with Gasteiger partial charge in [0.25, 0.3) is 0 Å². The summed E-state index contributed by atoms with van der Waals surface area (Å²) in [6.07, 6.45) is 0. The number of aryl methyl sites for hydroxylation is 1.